The minimum atomic E-state index is -0.383. The lowest BCUT2D eigenvalue weighted by atomic mass is 10.4. The van der Waals surface area contributed by atoms with Crippen LogP contribution in [-0.4, -0.2) is 25.4 Å². The molecule has 1 aromatic rings. The van der Waals surface area contributed by atoms with Crippen LogP contribution in [-0.2, 0) is 4.74 Å². The minimum absolute atomic E-state index is 0.342. The van der Waals surface area contributed by atoms with Gasteiger partial charge in [-0.05, 0) is 12.7 Å². The van der Waals surface area contributed by atoms with Crippen molar-refractivity contribution in [1.82, 2.24) is 0 Å². The van der Waals surface area contributed by atoms with Gasteiger partial charge in [0.05, 0.1) is 13.7 Å². The highest BCUT2D eigenvalue weighted by molar-refractivity contribution is 8.01. The number of nitrogen functional groups attached to an aromatic ring is 1. The molecular weight excluding hydrogens is 246 g/mol. The van der Waals surface area contributed by atoms with Crippen molar-refractivity contribution in [2.24, 2.45) is 0 Å². The van der Waals surface area contributed by atoms with Crippen molar-refractivity contribution in [1.29, 1.82) is 0 Å². The molecule has 2 N–H and O–H groups in total. The van der Waals surface area contributed by atoms with E-state index in [0.29, 0.717) is 22.9 Å². The molecule has 0 spiro atoms. The fraction of sp³-hybridized carbons (Fsp3) is 0.500. The van der Waals surface area contributed by atoms with E-state index in [0.717, 1.165) is 9.96 Å². The molecule has 0 aromatic carbocycles. The number of carbonyl (C=O) groups excluding carboxylic acids is 1. The number of hydrogen-bond acceptors (Lipinski definition) is 6. The van der Waals surface area contributed by atoms with Crippen molar-refractivity contribution in [3.05, 3.63) is 4.88 Å². The number of anilines is 1. The van der Waals surface area contributed by atoms with Crippen LogP contribution in [0.2, 0.25) is 0 Å². The predicted molar refractivity (Wildman–Crippen MR) is 67.6 cm³/mol. The molecule has 0 aliphatic carbocycles. The molecule has 0 aliphatic rings. The second-order valence-corrected chi connectivity index (χ2v) is 5.37. The van der Waals surface area contributed by atoms with E-state index in [1.165, 1.54) is 11.3 Å². The van der Waals surface area contributed by atoms with Crippen LogP contribution in [0, 0.1) is 0 Å². The van der Waals surface area contributed by atoms with Crippen LogP contribution >= 0.6 is 23.1 Å². The van der Waals surface area contributed by atoms with Gasteiger partial charge in [-0.1, -0.05) is 6.92 Å². The van der Waals surface area contributed by atoms with Crippen LogP contribution in [0.1, 0.15) is 23.5 Å². The van der Waals surface area contributed by atoms with Gasteiger partial charge in [-0.25, -0.2) is 4.79 Å². The normalized spacial score (nSPS) is 10.2. The van der Waals surface area contributed by atoms with Crippen LogP contribution in [0.15, 0.2) is 4.21 Å². The zero-order chi connectivity index (χ0) is 12.1. The van der Waals surface area contributed by atoms with Crippen LogP contribution in [0.4, 0.5) is 5.69 Å². The summed E-state index contributed by atoms with van der Waals surface area (Å²) >= 11 is 2.92. The van der Waals surface area contributed by atoms with Gasteiger partial charge in [-0.3, -0.25) is 0 Å². The summed E-state index contributed by atoms with van der Waals surface area (Å²) in [5.41, 5.74) is 6.22. The van der Waals surface area contributed by atoms with Crippen molar-refractivity contribution in [2.75, 3.05) is 25.2 Å². The van der Waals surface area contributed by atoms with Crippen LogP contribution in [0.3, 0.4) is 0 Å². The Bertz CT molecular complexity index is 376. The van der Waals surface area contributed by atoms with Crippen molar-refractivity contribution in [3.8, 4) is 5.75 Å². The number of esters is 1. The Morgan fingerprint density at radius 3 is 2.69 bits per heavy atom. The van der Waals surface area contributed by atoms with E-state index in [9.17, 15) is 4.79 Å². The lowest BCUT2D eigenvalue weighted by molar-refractivity contribution is 0.0533. The maximum absolute atomic E-state index is 11.6. The molecule has 0 saturated heterocycles. The number of rotatable bonds is 5. The Kier molecular flexibility index (Phi) is 4.95. The lowest BCUT2D eigenvalue weighted by Gasteiger charge is -2.01. The molecular formula is C10H15NO3S2. The highest BCUT2D eigenvalue weighted by Gasteiger charge is 2.22. The Morgan fingerprint density at radius 1 is 1.50 bits per heavy atom. The van der Waals surface area contributed by atoms with E-state index in [-0.39, 0.29) is 5.97 Å². The maximum atomic E-state index is 11.6. The molecule has 0 fully saturated rings. The Labute approximate surface area is 103 Å². The van der Waals surface area contributed by atoms with E-state index in [1.807, 2.05) is 6.92 Å². The summed E-state index contributed by atoms with van der Waals surface area (Å²) in [5.74, 6) is 1.10. The first-order valence-corrected chi connectivity index (χ1v) is 6.72. The van der Waals surface area contributed by atoms with Gasteiger partial charge in [-0.2, -0.15) is 0 Å². The third-order valence-electron chi connectivity index (χ3n) is 1.81. The van der Waals surface area contributed by atoms with E-state index in [2.05, 4.69) is 0 Å². The first-order valence-electron chi connectivity index (χ1n) is 4.91. The van der Waals surface area contributed by atoms with Gasteiger partial charge in [0.2, 0.25) is 0 Å². The SMILES string of the molecule is CCOC(=O)c1sc(SCC)c(OC)c1N. The van der Waals surface area contributed by atoms with Crippen molar-refractivity contribution in [2.45, 2.75) is 18.1 Å². The van der Waals surface area contributed by atoms with Gasteiger partial charge < -0.3 is 15.2 Å². The molecule has 0 aliphatic heterocycles. The molecule has 0 bridgehead atoms. The highest BCUT2D eigenvalue weighted by atomic mass is 32.2. The number of thiophene rings is 1. The topological polar surface area (TPSA) is 61.5 Å². The molecule has 16 heavy (non-hydrogen) atoms. The van der Waals surface area contributed by atoms with E-state index < -0.39 is 0 Å². The smallest absolute Gasteiger partial charge is 0.350 e. The molecule has 1 heterocycles. The Balaban J connectivity index is 3.06. The first-order chi connectivity index (χ1) is 7.65. The molecule has 90 valence electrons. The van der Waals surface area contributed by atoms with Gasteiger partial charge in [0.25, 0.3) is 0 Å². The first kappa shape index (κ1) is 13.2. The summed E-state index contributed by atoms with van der Waals surface area (Å²) in [7, 11) is 1.55. The molecule has 1 rings (SSSR count). The lowest BCUT2D eigenvalue weighted by Crippen LogP contribution is -2.05. The van der Waals surface area contributed by atoms with Gasteiger partial charge in [-0.15, -0.1) is 23.1 Å². The maximum Gasteiger partial charge on any atom is 0.350 e. The number of ether oxygens (including phenoxy) is 2. The summed E-state index contributed by atoms with van der Waals surface area (Å²) in [6.07, 6.45) is 0. The zero-order valence-electron chi connectivity index (χ0n) is 9.53. The molecule has 0 amide bonds. The largest absolute Gasteiger partial charge is 0.492 e. The number of thioether (sulfide) groups is 1. The van der Waals surface area contributed by atoms with Gasteiger partial charge in [0.1, 0.15) is 14.8 Å². The van der Waals surface area contributed by atoms with Crippen LogP contribution in [0.25, 0.3) is 0 Å². The molecule has 1 aromatic heterocycles. The molecule has 0 radical (unpaired) electrons. The number of carbonyl (C=O) groups is 1. The van der Waals surface area contributed by atoms with E-state index in [4.69, 9.17) is 15.2 Å². The predicted octanol–water partition coefficient (Wildman–Crippen LogP) is 2.63. The summed E-state index contributed by atoms with van der Waals surface area (Å²) in [5, 5.41) is 0. The standard InChI is InChI=1S/C10H15NO3S2/c1-4-14-9(12)8-6(11)7(13-3)10(16-8)15-5-2/h4-5,11H2,1-3H3. The van der Waals surface area contributed by atoms with Gasteiger partial charge in [0.15, 0.2) is 5.75 Å². The number of nitrogens with two attached hydrogens (primary N) is 1. The van der Waals surface area contributed by atoms with Crippen LogP contribution in [0.5, 0.6) is 5.75 Å². The quantitative estimate of drug-likeness (QED) is 0.652. The summed E-state index contributed by atoms with van der Waals surface area (Å²) < 4.78 is 11.0. The summed E-state index contributed by atoms with van der Waals surface area (Å²) in [6.45, 7) is 4.14. The fourth-order valence-electron chi connectivity index (χ4n) is 1.17. The summed E-state index contributed by atoms with van der Waals surface area (Å²) in [4.78, 5) is 12.0. The van der Waals surface area contributed by atoms with Gasteiger partial charge >= 0.3 is 5.97 Å². The van der Waals surface area contributed by atoms with E-state index in [1.54, 1.807) is 25.8 Å². The number of methoxy groups -OCH3 is 1. The fourth-order valence-corrected chi connectivity index (χ4v) is 3.42. The second kappa shape index (κ2) is 6.00. The Hall–Kier alpha value is -0.880. The third-order valence-corrected chi connectivity index (χ3v) is 4.11. The van der Waals surface area contributed by atoms with Crippen molar-refractivity contribution >= 4 is 34.8 Å². The van der Waals surface area contributed by atoms with Crippen molar-refractivity contribution in [3.63, 3.8) is 0 Å². The van der Waals surface area contributed by atoms with Crippen LogP contribution < -0.4 is 10.5 Å². The summed E-state index contributed by atoms with van der Waals surface area (Å²) in [6, 6.07) is 0. The Morgan fingerprint density at radius 2 is 2.19 bits per heavy atom. The van der Waals surface area contributed by atoms with E-state index >= 15 is 0 Å². The monoisotopic (exact) mass is 261 g/mol. The molecule has 4 nitrogen and oxygen atoms in total. The minimum Gasteiger partial charge on any atom is -0.492 e. The third kappa shape index (κ3) is 2.62. The molecule has 0 saturated carbocycles. The average molecular weight is 261 g/mol. The average Bonchev–Trinajstić information content (AvgIpc) is 2.56. The van der Waals surface area contributed by atoms with Crippen molar-refractivity contribution < 1.29 is 14.3 Å². The zero-order valence-corrected chi connectivity index (χ0v) is 11.2. The second-order valence-electron chi connectivity index (χ2n) is 2.82. The number of hydrogen-bond donors (Lipinski definition) is 1. The molecule has 0 unspecified atom stereocenters. The highest BCUT2D eigenvalue weighted by Crippen LogP contribution is 2.44. The molecule has 0 atom stereocenters. The molecule has 6 heteroatoms. The van der Waals surface area contributed by atoms with Gasteiger partial charge in [0, 0.05) is 0 Å².